The van der Waals surface area contributed by atoms with Gasteiger partial charge in [-0.2, -0.15) is 13.2 Å². The molecule has 0 aliphatic carbocycles. The predicted octanol–water partition coefficient (Wildman–Crippen LogP) is 5.40. The number of hydrogen-bond donors (Lipinski definition) is 2. The molecule has 0 spiro atoms. The maximum absolute atomic E-state index is 12.8. The maximum Gasteiger partial charge on any atom is 0.416 e. The quantitative estimate of drug-likeness (QED) is 0.407. The molecule has 164 valence electrons. The number of amides is 1. The minimum absolute atomic E-state index is 0.167. The second-order valence-corrected chi connectivity index (χ2v) is 8.10. The van der Waals surface area contributed by atoms with E-state index in [0.717, 1.165) is 22.4 Å². The zero-order chi connectivity index (χ0) is 22.9. The van der Waals surface area contributed by atoms with E-state index in [4.69, 9.17) is 5.11 Å². The smallest absolute Gasteiger partial charge is 0.416 e. The number of halogens is 3. The van der Waals surface area contributed by atoms with E-state index in [1.54, 1.807) is 23.7 Å². The Morgan fingerprint density at radius 3 is 2.25 bits per heavy atom. The van der Waals surface area contributed by atoms with Crippen LogP contribution in [0.1, 0.15) is 37.4 Å². The van der Waals surface area contributed by atoms with Gasteiger partial charge in [0, 0.05) is 24.7 Å². The van der Waals surface area contributed by atoms with E-state index < -0.39 is 17.7 Å². The van der Waals surface area contributed by atoms with Crippen molar-refractivity contribution in [2.24, 2.45) is 0 Å². The number of carbonyl (C=O) groups excluding carboxylic acids is 1. The highest BCUT2D eigenvalue weighted by molar-refractivity contribution is 7.17. The largest absolute Gasteiger partial charge is 0.478 e. The lowest BCUT2D eigenvalue weighted by Gasteiger charge is -2.10. The summed E-state index contributed by atoms with van der Waals surface area (Å²) < 4.78 is 41.1. The number of thiophene rings is 1. The molecule has 0 saturated carbocycles. The van der Waals surface area contributed by atoms with Crippen molar-refractivity contribution >= 4 is 33.4 Å². The number of carboxylic acid groups (broad SMARTS) is 1. The van der Waals surface area contributed by atoms with Gasteiger partial charge < -0.3 is 15.0 Å². The monoisotopic (exact) mass is 458 g/mol. The number of carboxylic acids is 1. The van der Waals surface area contributed by atoms with Crippen molar-refractivity contribution in [2.45, 2.75) is 19.3 Å². The van der Waals surface area contributed by atoms with Crippen LogP contribution >= 0.6 is 11.3 Å². The van der Waals surface area contributed by atoms with Gasteiger partial charge in [0.05, 0.1) is 26.9 Å². The normalized spacial score (nSPS) is 11.6. The first-order valence-corrected chi connectivity index (χ1v) is 10.4. The van der Waals surface area contributed by atoms with Crippen molar-refractivity contribution in [3.63, 3.8) is 0 Å². The Morgan fingerprint density at radius 1 is 0.969 bits per heavy atom. The van der Waals surface area contributed by atoms with Gasteiger partial charge in [-0.3, -0.25) is 4.79 Å². The first-order valence-electron chi connectivity index (χ1n) is 9.55. The van der Waals surface area contributed by atoms with E-state index in [-0.39, 0.29) is 18.0 Å². The topological polar surface area (TPSA) is 71.3 Å². The lowest BCUT2D eigenvalue weighted by Crippen LogP contribution is -2.23. The summed E-state index contributed by atoms with van der Waals surface area (Å²) in [5.41, 5.74) is 2.10. The number of alkyl halides is 3. The van der Waals surface area contributed by atoms with Gasteiger partial charge in [0.2, 0.25) is 0 Å². The number of fused-ring (bicyclic) bond motifs is 1. The average molecular weight is 458 g/mol. The van der Waals surface area contributed by atoms with Crippen LogP contribution in [0.3, 0.4) is 0 Å². The zero-order valence-corrected chi connectivity index (χ0v) is 17.3. The molecule has 2 aromatic carbocycles. The second kappa shape index (κ2) is 8.51. The standard InChI is InChI=1S/C23H17F3N2O3S/c24-23(25,26)17-7-3-15(4-8-17)12-28-10-9-19-20(28)18(13-32-19)21(29)27-11-14-1-5-16(6-2-14)22(30)31/h1-10,13H,11-12H2,(H,27,29)(H,30,31). The van der Waals surface area contributed by atoms with Crippen LogP contribution in [0.15, 0.2) is 66.2 Å². The molecular formula is C23H17F3N2O3S. The molecule has 5 nitrogen and oxygen atoms in total. The van der Waals surface area contributed by atoms with Crippen molar-refractivity contribution in [3.8, 4) is 0 Å². The molecule has 9 heteroatoms. The molecule has 0 unspecified atom stereocenters. The lowest BCUT2D eigenvalue weighted by atomic mass is 10.1. The molecule has 0 aliphatic rings. The number of aromatic carboxylic acids is 1. The van der Waals surface area contributed by atoms with Gasteiger partial charge in [-0.05, 0) is 41.5 Å². The van der Waals surface area contributed by atoms with Crippen LogP contribution in [0.2, 0.25) is 0 Å². The molecule has 0 aliphatic heterocycles. The maximum atomic E-state index is 12.8. The Bertz CT molecular complexity index is 1270. The number of benzene rings is 2. The summed E-state index contributed by atoms with van der Waals surface area (Å²) in [6.07, 6.45) is -2.58. The third kappa shape index (κ3) is 4.52. The Balaban J connectivity index is 1.50. The van der Waals surface area contributed by atoms with Gasteiger partial charge in [0.1, 0.15) is 0 Å². The molecule has 1 amide bonds. The highest BCUT2D eigenvalue weighted by atomic mass is 32.1. The van der Waals surface area contributed by atoms with Crippen molar-refractivity contribution in [3.05, 3.63) is 94.0 Å². The average Bonchev–Trinajstić information content (AvgIpc) is 3.35. The molecule has 0 bridgehead atoms. The van der Waals surface area contributed by atoms with E-state index in [2.05, 4.69) is 5.32 Å². The van der Waals surface area contributed by atoms with Gasteiger partial charge in [0.25, 0.3) is 5.91 Å². The van der Waals surface area contributed by atoms with E-state index in [1.165, 1.54) is 35.6 Å². The van der Waals surface area contributed by atoms with Crippen molar-refractivity contribution < 1.29 is 27.9 Å². The SMILES string of the molecule is O=C(O)c1ccc(CNC(=O)c2csc3ccn(Cc4ccc(C(F)(F)F)cc4)c23)cc1. The summed E-state index contributed by atoms with van der Waals surface area (Å²) >= 11 is 1.41. The molecule has 0 saturated heterocycles. The molecule has 4 rings (SSSR count). The van der Waals surface area contributed by atoms with Crippen molar-refractivity contribution in [1.29, 1.82) is 0 Å². The Labute approximate surface area is 184 Å². The fourth-order valence-electron chi connectivity index (χ4n) is 3.34. The predicted molar refractivity (Wildman–Crippen MR) is 115 cm³/mol. The molecule has 0 fully saturated rings. The molecule has 0 atom stereocenters. The number of aromatic nitrogens is 1. The summed E-state index contributed by atoms with van der Waals surface area (Å²) in [4.78, 5) is 23.7. The van der Waals surface area contributed by atoms with E-state index in [1.807, 2.05) is 10.6 Å². The number of nitrogens with one attached hydrogen (secondary N) is 1. The Kier molecular flexibility index (Phi) is 5.75. The fraction of sp³-hybridized carbons (Fsp3) is 0.130. The molecule has 32 heavy (non-hydrogen) atoms. The molecule has 0 radical (unpaired) electrons. The number of hydrogen-bond acceptors (Lipinski definition) is 3. The number of carbonyl (C=O) groups is 2. The molecular weight excluding hydrogens is 441 g/mol. The van der Waals surface area contributed by atoms with Crippen LogP contribution in [0.25, 0.3) is 10.2 Å². The van der Waals surface area contributed by atoms with Gasteiger partial charge in [0.15, 0.2) is 0 Å². The van der Waals surface area contributed by atoms with Crippen molar-refractivity contribution in [2.75, 3.05) is 0 Å². The van der Waals surface area contributed by atoms with E-state index >= 15 is 0 Å². The van der Waals surface area contributed by atoms with Crippen molar-refractivity contribution in [1.82, 2.24) is 9.88 Å². The third-order valence-corrected chi connectivity index (χ3v) is 5.96. The van der Waals surface area contributed by atoms with Crippen LogP contribution in [0, 0.1) is 0 Å². The number of nitrogens with zero attached hydrogens (tertiary/aromatic N) is 1. The van der Waals surface area contributed by atoms with Gasteiger partial charge in [-0.25, -0.2) is 4.79 Å². The van der Waals surface area contributed by atoms with Crippen LogP contribution in [-0.2, 0) is 19.3 Å². The summed E-state index contributed by atoms with van der Waals surface area (Å²) in [6.45, 7) is 0.561. The minimum Gasteiger partial charge on any atom is -0.478 e. The van der Waals surface area contributed by atoms with E-state index in [0.29, 0.717) is 23.2 Å². The van der Waals surface area contributed by atoms with Crippen LogP contribution in [0.5, 0.6) is 0 Å². The third-order valence-electron chi connectivity index (χ3n) is 5.02. The van der Waals surface area contributed by atoms with Crippen LogP contribution in [0.4, 0.5) is 13.2 Å². The lowest BCUT2D eigenvalue weighted by molar-refractivity contribution is -0.137. The fourth-order valence-corrected chi connectivity index (χ4v) is 4.29. The van der Waals surface area contributed by atoms with Gasteiger partial charge >= 0.3 is 12.1 Å². The first kappa shape index (κ1) is 21.6. The summed E-state index contributed by atoms with van der Waals surface area (Å²) in [6, 6.07) is 13.1. The van der Waals surface area contributed by atoms with E-state index in [9.17, 15) is 22.8 Å². The van der Waals surface area contributed by atoms with Crippen LogP contribution in [-0.4, -0.2) is 21.6 Å². The summed E-state index contributed by atoms with van der Waals surface area (Å²) in [5.74, 6) is -1.30. The summed E-state index contributed by atoms with van der Waals surface area (Å²) in [7, 11) is 0. The molecule has 4 aromatic rings. The van der Waals surface area contributed by atoms with Gasteiger partial charge in [-0.1, -0.05) is 24.3 Å². The molecule has 2 aromatic heterocycles. The van der Waals surface area contributed by atoms with Crippen LogP contribution < -0.4 is 5.32 Å². The Morgan fingerprint density at radius 2 is 1.62 bits per heavy atom. The number of rotatable bonds is 6. The highest BCUT2D eigenvalue weighted by Gasteiger charge is 2.30. The molecule has 2 heterocycles. The molecule has 2 N–H and O–H groups in total. The zero-order valence-electron chi connectivity index (χ0n) is 16.5. The van der Waals surface area contributed by atoms with Gasteiger partial charge in [-0.15, -0.1) is 11.3 Å². The minimum atomic E-state index is -4.38. The summed E-state index contributed by atoms with van der Waals surface area (Å²) in [5, 5.41) is 13.5. The highest BCUT2D eigenvalue weighted by Crippen LogP contribution is 2.30. The second-order valence-electron chi connectivity index (χ2n) is 7.19. The first-order chi connectivity index (χ1) is 15.2. The Hall–Kier alpha value is -3.59.